The molecule has 2 aromatic carbocycles. The summed E-state index contributed by atoms with van der Waals surface area (Å²) < 4.78 is 12.9. The number of rotatable bonds is 10. The lowest BCUT2D eigenvalue weighted by Crippen LogP contribution is -2.25. The first-order chi connectivity index (χ1) is 15.6. The van der Waals surface area contributed by atoms with Gasteiger partial charge in [-0.1, -0.05) is 36.0 Å². The summed E-state index contributed by atoms with van der Waals surface area (Å²) in [6.45, 7) is 2.64. The Labute approximate surface area is 192 Å². The molecule has 1 aromatic heterocycles. The molecular formula is C24H28N4O3S. The van der Waals surface area contributed by atoms with Crippen LogP contribution < -0.4 is 10.1 Å². The summed E-state index contributed by atoms with van der Waals surface area (Å²) in [4.78, 5) is 12.2. The largest absolute Gasteiger partial charge is 0.497 e. The fraction of sp³-hybridized carbons (Fsp3) is 0.375. The highest BCUT2D eigenvalue weighted by Gasteiger charge is 2.24. The van der Waals surface area contributed by atoms with Gasteiger partial charge in [-0.2, -0.15) is 0 Å². The van der Waals surface area contributed by atoms with Gasteiger partial charge < -0.3 is 14.8 Å². The first kappa shape index (κ1) is 22.4. The van der Waals surface area contributed by atoms with Crippen LogP contribution in [-0.2, 0) is 10.5 Å². The van der Waals surface area contributed by atoms with E-state index in [9.17, 15) is 4.79 Å². The molecule has 1 saturated carbocycles. The first-order valence-corrected chi connectivity index (χ1v) is 11.7. The van der Waals surface area contributed by atoms with Crippen molar-refractivity contribution in [2.75, 3.05) is 20.8 Å². The number of benzene rings is 2. The van der Waals surface area contributed by atoms with Gasteiger partial charge in [0, 0.05) is 30.0 Å². The highest BCUT2D eigenvalue weighted by atomic mass is 32.2. The molecule has 1 aliphatic carbocycles. The second-order valence-electron chi connectivity index (χ2n) is 7.95. The van der Waals surface area contributed by atoms with Crippen molar-refractivity contribution >= 4 is 17.7 Å². The number of carbonyl (C=O) groups excluding carboxylic acids is 1. The lowest BCUT2D eigenvalue weighted by Gasteiger charge is -2.17. The molecule has 1 heterocycles. The van der Waals surface area contributed by atoms with Crippen molar-refractivity contribution in [3.05, 3.63) is 59.7 Å². The second kappa shape index (κ2) is 10.2. The smallest absolute Gasteiger partial charge is 0.251 e. The molecule has 0 radical (unpaired) electrons. The monoisotopic (exact) mass is 452 g/mol. The van der Waals surface area contributed by atoms with Gasteiger partial charge in [0.2, 0.25) is 0 Å². The third kappa shape index (κ3) is 5.31. The highest BCUT2D eigenvalue weighted by Crippen LogP contribution is 2.31. The number of ether oxygens (including phenoxy) is 2. The Kier molecular flexibility index (Phi) is 7.12. The summed E-state index contributed by atoms with van der Waals surface area (Å²) in [5.41, 5.74) is 2.76. The number of hydrogen-bond donors (Lipinski definition) is 1. The van der Waals surface area contributed by atoms with E-state index >= 15 is 0 Å². The van der Waals surface area contributed by atoms with Gasteiger partial charge in [-0.15, -0.1) is 10.2 Å². The summed E-state index contributed by atoms with van der Waals surface area (Å²) in [5, 5.41) is 12.8. The molecule has 1 aliphatic rings. The zero-order valence-electron chi connectivity index (χ0n) is 18.6. The maximum absolute atomic E-state index is 12.2. The Morgan fingerprint density at radius 1 is 1.19 bits per heavy atom. The normalized spacial score (nSPS) is 14.2. The van der Waals surface area contributed by atoms with Crippen LogP contribution in [0.5, 0.6) is 5.75 Å². The number of nitrogens with one attached hydrogen (secondary N) is 1. The van der Waals surface area contributed by atoms with Crippen molar-refractivity contribution in [2.24, 2.45) is 0 Å². The Bertz CT molecular complexity index is 1060. The van der Waals surface area contributed by atoms with Gasteiger partial charge in [0.1, 0.15) is 5.75 Å². The quantitative estimate of drug-likeness (QED) is 0.461. The van der Waals surface area contributed by atoms with E-state index in [0.29, 0.717) is 18.2 Å². The molecule has 0 spiro atoms. The van der Waals surface area contributed by atoms with Crippen LogP contribution in [0.2, 0.25) is 0 Å². The minimum atomic E-state index is 0.00256. The molecule has 1 N–H and O–H groups in total. The first-order valence-electron chi connectivity index (χ1n) is 10.7. The van der Waals surface area contributed by atoms with Crippen LogP contribution in [0.25, 0.3) is 11.4 Å². The predicted octanol–water partition coefficient (Wildman–Crippen LogP) is 4.35. The standard InChI is InChI=1S/C24H28N4O3S/c1-16(14-30-2)28-22(19-5-4-6-21(13-19)31-3)26-27-24(28)32-15-17-7-9-18(10-8-17)23(29)25-20-11-12-20/h4-10,13,16,20H,11-12,14-15H2,1-3H3,(H,25,29). The number of hydrogen-bond acceptors (Lipinski definition) is 6. The van der Waals surface area contributed by atoms with Crippen LogP contribution in [-0.4, -0.2) is 47.5 Å². The van der Waals surface area contributed by atoms with E-state index < -0.39 is 0 Å². The number of thioether (sulfide) groups is 1. The summed E-state index contributed by atoms with van der Waals surface area (Å²) in [6.07, 6.45) is 2.17. The molecule has 0 bridgehead atoms. The number of amides is 1. The number of carbonyl (C=O) groups is 1. The fourth-order valence-electron chi connectivity index (χ4n) is 3.44. The number of nitrogens with zero attached hydrogens (tertiary/aromatic N) is 3. The molecule has 1 amide bonds. The van der Waals surface area contributed by atoms with Crippen molar-refractivity contribution in [3.8, 4) is 17.1 Å². The summed E-state index contributed by atoms with van der Waals surface area (Å²) in [7, 11) is 3.35. The van der Waals surface area contributed by atoms with Crippen LogP contribution in [0.3, 0.4) is 0 Å². The molecule has 0 saturated heterocycles. The highest BCUT2D eigenvalue weighted by molar-refractivity contribution is 7.98. The molecule has 1 unspecified atom stereocenters. The Morgan fingerprint density at radius 3 is 2.66 bits per heavy atom. The van der Waals surface area contributed by atoms with Gasteiger partial charge in [-0.25, -0.2) is 0 Å². The topological polar surface area (TPSA) is 78.3 Å². The third-order valence-corrected chi connectivity index (χ3v) is 6.35. The molecule has 32 heavy (non-hydrogen) atoms. The molecule has 7 nitrogen and oxygen atoms in total. The van der Waals surface area contributed by atoms with E-state index in [0.717, 1.165) is 46.5 Å². The molecular weight excluding hydrogens is 424 g/mol. The van der Waals surface area contributed by atoms with Crippen molar-refractivity contribution in [1.82, 2.24) is 20.1 Å². The van der Waals surface area contributed by atoms with Gasteiger partial charge in [0.15, 0.2) is 11.0 Å². The van der Waals surface area contributed by atoms with Crippen LogP contribution in [0, 0.1) is 0 Å². The van der Waals surface area contributed by atoms with Gasteiger partial charge in [-0.3, -0.25) is 9.36 Å². The minimum Gasteiger partial charge on any atom is -0.497 e. The van der Waals surface area contributed by atoms with Crippen LogP contribution >= 0.6 is 11.8 Å². The fourth-order valence-corrected chi connectivity index (χ4v) is 4.44. The van der Waals surface area contributed by atoms with Crippen LogP contribution in [0.1, 0.15) is 41.7 Å². The zero-order chi connectivity index (χ0) is 22.5. The van der Waals surface area contributed by atoms with Crippen LogP contribution in [0.4, 0.5) is 0 Å². The van der Waals surface area contributed by atoms with Crippen LogP contribution in [0.15, 0.2) is 53.7 Å². The maximum Gasteiger partial charge on any atom is 0.251 e. The zero-order valence-corrected chi connectivity index (χ0v) is 19.4. The van der Waals surface area contributed by atoms with E-state index in [1.807, 2.05) is 48.5 Å². The maximum atomic E-state index is 12.2. The van der Waals surface area contributed by atoms with E-state index in [-0.39, 0.29) is 11.9 Å². The number of aromatic nitrogens is 3. The Balaban J connectivity index is 1.51. The van der Waals surface area contributed by atoms with Crippen molar-refractivity contribution in [1.29, 1.82) is 0 Å². The Hall–Kier alpha value is -2.84. The molecule has 1 fully saturated rings. The summed E-state index contributed by atoms with van der Waals surface area (Å²) in [6, 6.07) is 16.0. The second-order valence-corrected chi connectivity index (χ2v) is 8.89. The molecule has 8 heteroatoms. The molecule has 1 atom stereocenters. The molecule has 4 rings (SSSR count). The van der Waals surface area contributed by atoms with Gasteiger partial charge in [0.25, 0.3) is 5.91 Å². The SMILES string of the molecule is COCC(C)n1c(SCc2ccc(C(=O)NC3CC3)cc2)nnc1-c1cccc(OC)c1. The van der Waals surface area contributed by atoms with Crippen molar-refractivity contribution in [3.63, 3.8) is 0 Å². The van der Waals surface area contributed by atoms with E-state index in [1.54, 1.807) is 26.0 Å². The molecule has 0 aliphatic heterocycles. The van der Waals surface area contributed by atoms with Gasteiger partial charge in [0.05, 0.1) is 19.8 Å². The third-order valence-electron chi connectivity index (χ3n) is 5.34. The Morgan fingerprint density at radius 2 is 1.97 bits per heavy atom. The average Bonchev–Trinajstić information content (AvgIpc) is 3.53. The average molecular weight is 453 g/mol. The minimum absolute atomic E-state index is 0.00256. The van der Waals surface area contributed by atoms with Crippen molar-refractivity contribution < 1.29 is 14.3 Å². The van der Waals surface area contributed by atoms with Crippen molar-refractivity contribution in [2.45, 2.75) is 42.8 Å². The molecule has 3 aromatic rings. The van der Waals surface area contributed by atoms with Gasteiger partial charge in [-0.05, 0) is 49.6 Å². The summed E-state index contributed by atoms with van der Waals surface area (Å²) in [5.74, 6) is 2.28. The lowest BCUT2D eigenvalue weighted by molar-refractivity contribution is 0.0951. The van der Waals surface area contributed by atoms with E-state index in [4.69, 9.17) is 9.47 Å². The number of methoxy groups -OCH3 is 2. The van der Waals surface area contributed by atoms with E-state index in [2.05, 4.69) is 27.0 Å². The molecule has 168 valence electrons. The predicted molar refractivity (Wildman–Crippen MR) is 125 cm³/mol. The van der Waals surface area contributed by atoms with E-state index in [1.165, 1.54) is 0 Å². The van der Waals surface area contributed by atoms with Gasteiger partial charge >= 0.3 is 0 Å². The lowest BCUT2D eigenvalue weighted by atomic mass is 10.1. The summed E-state index contributed by atoms with van der Waals surface area (Å²) >= 11 is 1.62.